The summed E-state index contributed by atoms with van der Waals surface area (Å²) < 4.78 is 38.5. The summed E-state index contributed by atoms with van der Waals surface area (Å²) in [4.78, 5) is 35.0. The molecule has 316 valence electrons. The second-order valence-electron chi connectivity index (χ2n) is 14.7. The van der Waals surface area contributed by atoms with Gasteiger partial charge in [0.25, 0.3) is 0 Å². The van der Waals surface area contributed by atoms with Gasteiger partial charge in [0.1, 0.15) is 12.7 Å². The molecule has 0 amide bonds. The Balaban J connectivity index is 2.26. The zero-order chi connectivity index (χ0) is 39.5. The van der Waals surface area contributed by atoms with E-state index in [0.29, 0.717) is 25.0 Å². The first-order valence-corrected chi connectivity index (χ1v) is 22.9. The monoisotopic (exact) mass is 789 g/mol. The van der Waals surface area contributed by atoms with E-state index in [9.17, 15) is 24.2 Å². The van der Waals surface area contributed by atoms with Crippen LogP contribution in [-0.2, 0) is 37.4 Å². The molecule has 5 atom stereocenters. The molecule has 1 fully saturated rings. The van der Waals surface area contributed by atoms with Crippen LogP contribution >= 0.6 is 7.82 Å². The van der Waals surface area contributed by atoms with Crippen LogP contribution in [0.1, 0.15) is 181 Å². The van der Waals surface area contributed by atoms with Crippen LogP contribution in [-0.4, -0.2) is 77.9 Å². The van der Waals surface area contributed by atoms with Gasteiger partial charge in [-0.2, -0.15) is 0 Å². The van der Waals surface area contributed by atoms with Crippen molar-refractivity contribution < 1.29 is 52.5 Å². The molecular weight excluding hydrogens is 711 g/mol. The van der Waals surface area contributed by atoms with Crippen molar-refractivity contribution in [2.75, 3.05) is 26.4 Å². The van der Waals surface area contributed by atoms with Gasteiger partial charge in [-0.15, -0.1) is 0 Å². The fraction of sp³-hybridized carbons (Fsp3) is 0.857. The quantitative estimate of drug-likeness (QED) is 0.0179. The Labute approximate surface area is 327 Å². The Morgan fingerprint density at radius 1 is 0.648 bits per heavy atom. The third kappa shape index (κ3) is 31.6. The number of aliphatic hydroxyl groups is 2. The van der Waals surface area contributed by atoms with Gasteiger partial charge in [-0.1, -0.05) is 128 Å². The Morgan fingerprint density at radius 3 is 1.78 bits per heavy atom. The van der Waals surface area contributed by atoms with Gasteiger partial charge in [0, 0.05) is 12.8 Å². The molecule has 11 nitrogen and oxygen atoms in total. The molecule has 1 heterocycles. The van der Waals surface area contributed by atoms with Gasteiger partial charge in [-0.05, 0) is 64.2 Å². The molecule has 0 aromatic carbocycles. The fourth-order valence-corrected chi connectivity index (χ4v) is 6.84. The average Bonchev–Trinajstić information content (AvgIpc) is 3.92. The minimum atomic E-state index is -4.62. The number of unbranched alkanes of at least 4 members (excludes halogenated alkanes) is 18. The number of carbonyl (C=O) groups is 2. The largest absolute Gasteiger partial charge is 0.472 e. The summed E-state index contributed by atoms with van der Waals surface area (Å²) in [6.07, 6.45) is 34.4. The molecule has 0 bridgehead atoms. The molecule has 0 radical (unpaired) electrons. The number of hydrogen-bond donors (Lipinski definition) is 3. The molecular formula is C42H77O11P. The standard InChI is InChI=1S/C42H77O11P/c1-3-5-7-9-11-12-13-14-15-16-17-18-19-23-27-31-41(45)49-35-38(36-51-54(47,48)50-34-37(44)33-43)52-42(46)32-28-24-20-22-26-30-40-39(53-40)29-25-21-10-8-6-4-2/h12-13,21,25,37-40,43-44H,3-11,14-20,22-24,26-36H2,1-2H3,(H,47,48)/b13-12-,25-21-/t37-,38+,39?,40?/m0/s1. The Hall–Kier alpha value is -1.59. The maximum atomic E-state index is 12.6. The molecule has 3 N–H and O–H groups in total. The Morgan fingerprint density at radius 2 is 1.15 bits per heavy atom. The predicted octanol–water partition coefficient (Wildman–Crippen LogP) is 9.99. The second-order valence-corrected chi connectivity index (χ2v) is 16.2. The van der Waals surface area contributed by atoms with Gasteiger partial charge in [0.05, 0.1) is 32.0 Å². The smallest absolute Gasteiger partial charge is 0.462 e. The zero-order valence-electron chi connectivity index (χ0n) is 33.9. The lowest BCUT2D eigenvalue weighted by atomic mass is 10.1. The summed E-state index contributed by atoms with van der Waals surface area (Å²) in [6, 6.07) is 0. The van der Waals surface area contributed by atoms with Crippen LogP contribution in [0.15, 0.2) is 24.3 Å². The summed E-state index contributed by atoms with van der Waals surface area (Å²) >= 11 is 0. The maximum absolute atomic E-state index is 12.6. The van der Waals surface area contributed by atoms with E-state index in [4.69, 9.17) is 23.8 Å². The number of aliphatic hydroxyl groups excluding tert-OH is 2. The first-order chi connectivity index (χ1) is 26.2. The van der Waals surface area contributed by atoms with E-state index in [1.807, 2.05) is 0 Å². The second kappa shape index (κ2) is 34.6. The van der Waals surface area contributed by atoms with Crippen molar-refractivity contribution in [3.63, 3.8) is 0 Å². The molecule has 0 aromatic heterocycles. The van der Waals surface area contributed by atoms with Gasteiger partial charge in [0.2, 0.25) is 0 Å². The molecule has 1 rings (SSSR count). The third-order valence-corrected chi connectivity index (χ3v) is 10.5. The van der Waals surface area contributed by atoms with Crippen molar-refractivity contribution in [2.45, 2.75) is 205 Å². The average molecular weight is 789 g/mol. The van der Waals surface area contributed by atoms with Gasteiger partial charge < -0.3 is 29.3 Å². The molecule has 0 aliphatic carbocycles. The lowest BCUT2D eigenvalue weighted by molar-refractivity contribution is -0.161. The number of phosphoric ester groups is 1. The van der Waals surface area contributed by atoms with Crippen molar-refractivity contribution in [2.24, 2.45) is 0 Å². The van der Waals surface area contributed by atoms with Crippen LogP contribution < -0.4 is 0 Å². The number of esters is 2. The summed E-state index contributed by atoms with van der Waals surface area (Å²) in [6.45, 7) is 2.31. The van der Waals surface area contributed by atoms with Crippen molar-refractivity contribution in [3.05, 3.63) is 24.3 Å². The molecule has 1 saturated heterocycles. The zero-order valence-corrected chi connectivity index (χ0v) is 34.8. The van der Waals surface area contributed by atoms with Crippen LogP contribution in [0.4, 0.5) is 0 Å². The normalized spacial score (nSPS) is 17.9. The molecule has 1 aliphatic heterocycles. The lowest BCUT2D eigenvalue weighted by Gasteiger charge is -2.20. The van der Waals surface area contributed by atoms with Crippen LogP contribution in [0.25, 0.3) is 0 Å². The Bertz CT molecular complexity index is 1020. The number of epoxide rings is 1. The number of rotatable bonds is 39. The van der Waals surface area contributed by atoms with E-state index in [-0.39, 0.29) is 19.4 Å². The van der Waals surface area contributed by atoms with Gasteiger partial charge in [-0.3, -0.25) is 18.6 Å². The molecule has 0 spiro atoms. The van der Waals surface area contributed by atoms with Gasteiger partial charge in [-0.25, -0.2) is 4.57 Å². The highest BCUT2D eigenvalue weighted by Gasteiger charge is 2.36. The minimum Gasteiger partial charge on any atom is -0.462 e. The highest BCUT2D eigenvalue weighted by atomic mass is 31.2. The van der Waals surface area contributed by atoms with E-state index in [1.54, 1.807) is 0 Å². The highest BCUT2D eigenvalue weighted by molar-refractivity contribution is 7.47. The first-order valence-electron chi connectivity index (χ1n) is 21.4. The predicted molar refractivity (Wildman–Crippen MR) is 214 cm³/mol. The summed E-state index contributed by atoms with van der Waals surface area (Å²) in [5.41, 5.74) is 0. The first kappa shape index (κ1) is 50.4. The van der Waals surface area contributed by atoms with Crippen molar-refractivity contribution >= 4 is 19.8 Å². The third-order valence-electron chi connectivity index (χ3n) is 9.50. The topological polar surface area (TPSA) is 161 Å². The Kier molecular flexibility index (Phi) is 32.4. The number of ether oxygens (including phenoxy) is 3. The number of hydrogen-bond acceptors (Lipinski definition) is 10. The fourth-order valence-electron chi connectivity index (χ4n) is 6.05. The van der Waals surface area contributed by atoms with Gasteiger partial charge in [0.15, 0.2) is 6.10 Å². The van der Waals surface area contributed by atoms with Crippen molar-refractivity contribution in [1.29, 1.82) is 0 Å². The van der Waals surface area contributed by atoms with Crippen LogP contribution in [0.3, 0.4) is 0 Å². The minimum absolute atomic E-state index is 0.161. The number of carbonyl (C=O) groups excluding carboxylic acids is 2. The van der Waals surface area contributed by atoms with Crippen LogP contribution in [0.5, 0.6) is 0 Å². The van der Waals surface area contributed by atoms with E-state index in [2.05, 4.69) is 42.7 Å². The summed E-state index contributed by atoms with van der Waals surface area (Å²) in [7, 11) is -4.62. The number of allylic oxidation sites excluding steroid dienone is 3. The summed E-state index contributed by atoms with van der Waals surface area (Å²) in [5.74, 6) is -0.951. The molecule has 3 unspecified atom stereocenters. The molecule has 0 saturated carbocycles. The van der Waals surface area contributed by atoms with E-state index in [1.165, 1.54) is 70.6 Å². The molecule has 0 aromatic rings. The van der Waals surface area contributed by atoms with E-state index >= 15 is 0 Å². The van der Waals surface area contributed by atoms with Crippen molar-refractivity contribution in [1.82, 2.24) is 0 Å². The van der Waals surface area contributed by atoms with Crippen LogP contribution in [0, 0.1) is 0 Å². The van der Waals surface area contributed by atoms with E-state index in [0.717, 1.165) is 70.6 Å². The highest BCUT2D eigenvalue weighted by Crippen LogP contribution is 2.43. The molecule has 12 heteroatoms. The molecule has 1 aliphatic rings. The maximum Gasteiger partial charge on any atom is 0.472 e. The number of phosphoric acid groups is 1. The lowest BCUT2D eigenvalue weighted by Crippen LogP contribution is -2.29. The summed E-state index contributed by atoms with van der Waals surface area (Å²) in [5, 5.41) is 18.3. The van der Waals surface area contributed by atoms with Crippen molar-refractivity contribution in [3.8, 4) is 0 Å². The van der Waals surface area contributed by atoms with Gasteiger partial charge >= 0.3 is 19.8 Å². The SMILES string of the molecule is CCCCC/C=C\CC1OC1CCCCCCCC(=O)O[C@H](COC(=O)CCCCCCCCC/C=C\CCCCCC)COP(=O)(O)OC[C@@H](O)CO. The molecule has 54 heavy (non-hydrogen) atoms. The van der Waals surface area contributed by atoms with Crippen LogP contribution in [0.2, 0.25) is 0 Å². The van der Waals surface area contributed by atoms with E-state index < -0.39 is 51.8 Å².